The molecule has 2 rings (SSSR count). The van der Waals surface area contributed by atoms with Gasteiger partial charge in [-0.25, -0.2) is 0 Å². The summed E-state index contributed by atoms with van der Waals surface area (Å²) in [6.45, 7) is 11.3. The Labute approximate surface area is 178 Å². The molecule has 0 bridgehead atoms. The van der Waals surface area contributed by atoms with Gasteiger partial charge in [-0.2, -0.15) is 0 Å². The van der Waals surface area contributed by atoms with Gasteiger partial charge in [0.25, 0.3) is 0 Å². The Balaban J connectivity index is -0.000000145. The van der Waals surface area contributed by atoms with Gasteiger partial charge in [0.15, 0.2) is 0 Å². The minimum atomic E-state index is 0. The molecule has 1 aliphatic rings. The molecule has 141 valence electrons. The van der Waals surface area contributed by atoms with Gasteiger partial charge < -0.3 is 9.64 Å². The molecule has 0 spiro atoms. The van der Waals surface area contributed by atoms with E-state index in [0.717, 1.165) is 0 Å². The van der Waals surface area contributed by atoms with Crippen molar-refractivity contribution in [3.8, 4) is 0 Å². The van der Waals surface area contributed by atoms with E-state index in [9.17, 15) is 0 Å². The van der Waals surface area contributed by atoms with E-state index in [0.29, 0.717) is 18.1 Å². The first-order valence-corrected chi connectivity index (χ1v) is 7.86. The van der Waals surface area contributed by atoms with Crippen molar-refractivity contribution in [1.29, 1.82) is 0 Å². The van der Waals surface area contributed by atoms with Crippen LogP contribution < -0.4 is 0 Å². The Kier molecular flexibility index (Phi) is 24.0. The summed E-state index contributed by atoms with van der Waals surface area (Å²) in [4.78, 5) is 2.51. The minimum absolute atomic E-state index is 0. The van der Waals surface area contributed by atoms with Crippen molar-refractivity contribution >= 4 is 0 Å². The van der Waals surface area contributed by atoms with Crippen LogP contribution in [0.5, 0.6) is 0 Å². The summed E-state index contributed by atoms with van der Waals surface area (Å²) >= 11 is 0. The summed E-state index contributed by atoms with van der Waals surface area (Å²) in [6.07, 6.45) is 2.92. The maximum Gasteiger partial charge on any atom is 0.0595 e. The van der Waals surface area contributed by atoms with Gasteiger partial charge in [-0.3, -0.25) is 0 Å². The number of benzene rings is 1. The molecule has 0 N–H and O–H groups in total. The van der Waals surface area contributed by atoms with Crippen molar-refractivity contribution in [2.24, 2.45) is 0 Å². The van der Waals surface area contributed by atoms with Crippen LogP contribution in [0, 0.1) is 0 Å². The second-order valence-electron chi connectivity index (χ2n) is 6.13. The summed E-state index contributed by atoms with van der Waals surface area (Å²) < 4.78 is 5.29. The first-order chi connectivity index (χ1) is 9.54. The zero-order valence-corrected chi connectivity index (χ0v) is 17.2. The molecule has 1 saturated heterocycles. The summed E-state index contributed by atoms with van der Waals surface area (Å²) in [5.74, 6) is 0.659. The number of likely N-dealkylation sites (tertiary alicyclic amines) is 1. The van der Waals surface area contributed by atoms with Crippen molar-refractivity contribution < 1.29 is 37.4 Å². The van der Waals surface area contributed by atoms with Crippen LogP contribution in [-0.4, -0.2) is 37.2 Å². The van der Waals surface area contributed by atoms with Gasteiger partial charge in [-0.1, -0.05) is 66.5 Å². The molecule has 1 heterocycles. The van der Waals surface area contributed by atoms with Gasteiger partial charge in [0.2, 0.25) is 0 Å². The Hall–Kier alpha value is 0.244. The minimum Gasteiger partial charge on any atom is -0.381 e. The molecule has 0 unspecified atom stereocenters. The molecule has 24 heavy (non-hydrogen) atoms. The zero-order chi connectivity index (χ0) is 15.0. The molecule has 0 aliphatic carbocycles. The maximum atomic E-state index is 5.29. The fourth-order valence-corrected chi connectivity index (χ4v) is 2.47. The Bertz CT molecular complexity index is 346. The molecule has 1 radical (unpaired) electrons. The number of methoxy groups -OCH3 is 1. The molecule has 0 amide bonds. The fraction of sp³-hybridized carbons (Fsp3) is 0.714. The Morgan fingerprint density at radius 2 is 1.38 bits per heavy atom. The molecular weight excluding hydrogens is 371 g/mol. The van der Waals surface area contributed by atoms with Crippen LogP contribution in [0.2, 0.25) is 0 Å². The summed E-state index contributed by atoms with van der Waals surface area (Å²) in [6, 6.07) is 11.2. The molecule has 0 atom stereocenters. The summed E-state index contributed by atoms with van der Waals surface area (Å²) in [5.41, 5.74) is 1.41. The van der Waals surface area contributed by atoms with E-state index >= 15 is 0 Å². The average Bonchev–Trinajstić information content (AvgIpc) is 2.49. The second-order valence-corrected chi connectivity index (χ2v) is 6.13. The average molecular weight is 414 g/mol. The van der Waals surface area contributed by atoms with Crippen LogP contribution in [0.15, 0.2) is 30.3 Å². The smallest absolute Gasteiger partial charge is 0.0595 e. The van der Waals surface area contributed by atoms with E-state index < -0.39 is 0 Å². The van der Waals surface area contributed by atoms with Gasteiger partial charge in [0.1, 0.15) is 0 Å². The van der Waals surface area contributed by atoms with Crippen molar-refractivity contribution in [3.63, 3.8) is 0 Å². The van der Waals surface area contributed by atoms with E-state index in [1.54, 1.807) is 0 Å². The Morgan fingerprint density at radius 1 is 0.917 bits per heavy atom. The first kappa shape index (κ1) is 32.0. The fourth-order valence-electron chi connectivity index (χ4n) is 2.47. The van der Waals surface area contributed by atoms with Crippen molar-refractivity contribution in [2.45, 2.75) is 80.9 Å². The monoisotopic (exact) mass is 414 g/mol. The van der Waals surface area contributed by atoms with Gasteiger partial charge >= 0.3 is 0 Å². The molecule has 2 nitrogen and oxygen atoms in total. The molecule has 3 heteroatoms. The van der Waals surface area contributed by atoms with Gasteiger partial charge in [0, 0.05) is 59.0 Å². The number of rotatable bonds is 3. The molecule has 1 aliphatic heterocycles. The van der Waals surface area contributed by atoms with Crippen molar-refractivity contribution in [1.82, 2.24) is 4.90 Å². The third-order valence-electron chi connectivity index (χ3n) is 4.01. The van der Waals surface area contributed by atoms with Gasteiger partial charge in [-0.05, 0) is 38.2 Å². The second kappa shape index (κ2) is 18.0. The first-order valence-electron chi connectivity index (χ1n) is 7.86. The van der Waals surface area contributed by atoms with E-state index in [2.05, 4.69) is 56.9 Å². The van der Waals surface area contributed by atoms with E-state index in [1.807, 2.05) is 13.2 Å². The summed E-state index contributed by atoms with van der Waals surface area (Å²) in [7, 11) is 1.82. The van der Waals surface area contributed by atoms with E-state index in [1.165, 1.54) is 31.5 Å². The largest absolute Gasteiger partial charge is 0.381 e. The summed E-state index contributed by atoms with van der Waals surface area (Å²) in [5, 5.41) is 0. The normalized spacial score (nSPS) is 14.3. The van der Waals surface area contributed by atoms with Crippen LogP contribution >= 0.6 is 0 Å². The zero-order valence-electron chi connectivity index (χ0n) is 14.4. The number of ether oxygens (including phenoxy) is 1. The molecule has 0 aromatic heterocycles. The standard InChI is InChI=1S/C9H19NO.C9H12.3CH4.Y/c1-8(2)10-6-4-9(11-3)5-7-10;1-8(2)9-6-4-3-5-7-9;;;;/h8-9H,4-7H2,1-3H3;3-8H,1-2H3;3*1H4;. The topological polar surface area (TPSA) is 12.5 Å². The van der Waals surface area contributed by atoms with Crippen LogP contribution in [0.3, 0.4) is 0 Å². The molecule has 1 fully saturated rings. The van der Waals surface area contributed by atoms with Gasteiger partial charge in [-0.15, -0.1) is 0 Å². The van der Waals surface area contributed by atoms with E-state index in [-0.39, 0.29) is 55.0 Å². The third-order valence-corrected chi connectivity index (χ3v) is 4.01. The molecular formula is C21H43NOY. The SMILES string of the molecule is C.C.C.CC(C)c1ccccc1.COC1CCN(C(C)C)CC1.[Y]. The van der Waals surface area contributed by atoms with Crippen molar-refractivity contribution in [3.05, 3.63) is 35.9 Å². The number of piperidine rings is 1. The number of hydrogen-bond acceptors (Lipinski definition) is 2. The van der Waals surface area contributed by atoms with Crippen LogP contribution in [-0.2, 0) is 37.4 Å². The predicted octanol–water partition coefficient (Wildman–Crippen LogP) is 6.22. The quantitative estimate of drug-likeness (QED) is 0.582. The van der Waals surface area contributed by atoms with Crippen LogP contribution in [0.1, 0.15) is 74.3 Å². The van der Waals surface area contributed by atoms with E-state index in [4.69, 9.17) is 4.74 Å². The van der Waals surface area contributed by atoms with Gasteiger partial charge in [0.05, 0.1) is 6.10 Å². The Morgan fingerprint density at radius 3 is 1.67 bits per heavy atom. The molecule has 1 aromatic carbocycles. The maximum absolute atomic E-state index is 5.29. The van der Waals surface area contributed by atoms with Crippen LogP contribution in [0.25, 0.3) is 0 Å². The van der Waals surface area contributed by atoms with Crippen LogP contribution in [0.4, 0.5) is 0 Å². The molecule has 1 aromatic rings. The molecule has 0 saturated carbocycles. The third kappa shape index (κ3) is 12.6. The number of hydrogen-bond donors (Lipinski definition) is 0. The predicted molar refractivity (Wildman–Crippen MR) is 107 cm³/mol. The number of nitrogens with zero attached hydrogens (tertiary/aromatic N) is 1. The van der Waals surface area contributed by atoms with Crippen molar-refractivity contribution in [2.75, 3.05) is 20.2 Å².